The van der Waals surface area contributed by atoms with Crippen LogP contribution in [0.3, 0.4) is 0 Å². The third kappa shape index (κ3) is 1.10. The minimum atomic E-state index is -0.494. The van der Waals surface area contributed by atoms with Crippen molar-refractivity contribution in [1.29, 1.82) is 0 Å². The van der Waals surface area contributed by atoms with Crippen LogP contribution in [0.25, 0.3) is 0 Å². The van der Waals surface area contributed by atoms with Gasteiger partial charge in [0.2, 0.25) is 0 Å². The molecule has 0 saturated carbocycles. The Hall–Kier alpha value is -1.02. The maximum atomic E-state index is 9.43. The minimum Gasteiger partial charge on any atom is -0.369 e. The van der Waals surface area contributed by atoms with Gasteiger partial charge in [0.05, 0.1) is 0 Å². The molecule has 2 N–H and O–H groups in total. The summed E-state index contributed by atoms with van der Waals surface area (Å²) in [6.07, 6.45) is 9.69. The lowest BCUT2D eigenvalue weighted by Gasteiger charge is -2.23. The van der Waals surface area contributed by atoms with E-state index in [-0.39, 0.29) is 0 Å². The number of allylic oxidation sites excluding steroid dienone is 3. The fourth-order valence-electron chi connectivity index (χ4n) is 1.47. The predicted octanol–water partition coefficient (Wildman–Crippen LogP) is 1.07. The van der Waals surface area contributed by atoms with Gasteiger partial charge in [0.15, 0.2) is 6.23 Å². The van der Waals surface area contributed by atoms with Gasteiger partial charge in [0.1, 0.15) is 0 Å². The molecule has 11 heavy (non-hydrogen) atoms. The molecule has 0 bridgehead atoms. The van der Waals surface area contributed by atoms with Crippen molar-refractivity contribution in [3.63, 3.8) is 0 Å². The van der Waals surface area contributed by atoms with Gasteiger partial charge in [-0.2, -0.15) is 0 Å². The lowest BCUT2D eigenvalue weighted by molar-refractivity contribution is 0.189. The monoisotopic (exact) mass is 149 g/mol. The van der Waals surface area contributed by atoms with Crippen LogP contribution in [0.5, 0.6) is 0 Å². The molecule has 0 spiro atoms. The van der Waals surface area contributed by atoms with E-state index in [1.807, 2.05) is 6.08 Å². The van der Waals surface area contributed by atoms with E-state index in [2.05, 4.69) is 17.5 Å². The fourth-order valence-corrected chi connectivity index (χ4v) is 1.47. The zero-order valence-corrected chi connectivity index (χ0v) is 6.25. The van der Waals surface area contributed by atoms with Crippen LogP contribution in [0.15, 0.2) is 35.6 Å². The molecule has 2 heteroatoms. The molecule has 1 aliphatic heterocycles. The van der Waals surface area contributed by atoms with Crippen LogP contribution < -0.4 is 5.32 Å². The van der Waals surface area contributed by atoms with Crippen molar-refractivity contribution < 1.29 is 5.11 Å². The molecule has 1 unspecified atom stereocenters. The van der Waals surface area contributed by atoms with E-state index in [1.54, 1.807) is 6.20 Å². The molecule has 58 valence electrons. The van der Waals surface area contributed by atoms with E-state index in [1.165, 1.54) is 5.57 Å². The second-order valence-corrected chi connectivity index (χ2v) is 2.80. The summed E-state index contributed by atoms with van der Waals surface area (Å²) in [4.78, 5) is 0. The number of aliphatic hydroxyl groups is 1. The highest BCUT2D eigenvalue weighted by Crippen LogP contribution is 2.23. The first-order chi connectivity index (χ1) is 5.38. The summed E-state index contributed by atoms with van der Waals surface area (Å²) >= 11 is 0. The van der Waals surface area contributed by atoms with Crippen molar-refractivity contribution in [3.8, 4) is 0 Å². The highest BCUT2D eigenvalue weighted by molar-refractivity contribution is 5.45. The Morgan fingerprint density at radius 2 is 2.18 bits per heavy atom. The van der Waals surface area contributed by atoms with Crippen LogP contribution in [0.2, 0.25) is 0 Å². The van der Waals surface area contributed by atoms with Gasteiger partial charge in [-0.15, -0.1) is 0 Å². The van der Waals surface area contributed by atoms with E-state index in [9.17, 15) is 5.11 Å². The van der Waals surface area contributed by atoms with Gasteiger partial charge in [-0.3, -0.25) is 0 Å². The van der Waals surface area contributed by atoms with E-state index in [0.717, 1.165) is 18.4 Å². The number of rotatable bonds is 0. The fraction of sp³-hybridized carbons (Fsp3) is 0.333. The lowest BCUT2D eigenvalue weighted by Crippen LogP contribution is -2.30. The number of aliphatic hydroxyl groups excluding tert-OH is 1. The average Bonchev–Trinajstić information content (AvgIpc) is 2.06. The number of nitrogens with one attached hydrogen (secondary N) is 1. The van der Waals surface area contributed by atoms with Gasteiger partial charge in [-0.25, -0.2) is 0 Å². The molecule has 0 aromatic carbocycles. The Morgan fingerprint density at radius 1 is 1.36 bits per heavy atom. The summed E-state index contributed by atoms with van der Waals surface area (Å²) in [5.41, 5.74) is 2.20. The maximum Gasteiger partial charge on any atom is 0.150 e. The third-order valence-electron chi connectivity index (χ3n) is 2.04. The molecule has 1 aliphatic carbocycles. The van der Waals surface area contributed by atoms with Crippen molar-refractivity contribution in [1.82, 2.24) is 5.32 Å². The smallest absolute Gasteiger partial charge is 0.150 e. The van der Waals surface area contributed by atoms with E-state index < -0.39 is 6.23 Å². The standard InChI is InChI=1S/C9H11NO/c11-9-8-4-2-1-3-7(8)5-6-10-9/h3-6,9-11H,1-2H2. The average molecular weight is 149 g/mol. The molecule has 0 radical (unpaired) electrons. The Morgan fingerprint density at radius 3 is 3.00 bits per heavy atom. The molecule has 0 aromatic rings. The third-order valence-corrected chi connectivity index (χ3v) is 2.04. The summed E-state index contributed by atoms with van der Waals surface area (Å²) in [5, 5.41) is 12.3. The van der Waals surface area contributed by atoms with Gasteiger partial charge in [-0.1, -0.05) is 12.2 Å². The lowest BCUT2D eigenvalue weighted by atomic mass is 9.95. The highest BCUT2D eigenvalue weighted by Gasteiger charge is 2.16. The zero-order chi connectivity index (χ0) is 7.68. The quantitative estimate of drug-likeness (QED) is 0.540. The van der Waals surface area contributed by atoms with Gasteiger partial charge in [-0.05, 0) is 30.7 Å². The van der Waals surface area contributed by atoms with Gasteiger partial charge < -0.3 is 10.4 Å². The Balaban J connectivity index is 2.36. The van der Waals surface area contributed by atoms with Gasteiger partial charge >= 0.3 is 0 Å². The summed E-state index contributed by atoms with van der Waals surface area (Å²) < 4.78 is 0. The van der Waals surface area contributed by atoms with E-state index in [4.69, 9.17) is 0 Å². The molecule has 0 amide bonds. The topological polar surface area (TPSA) is 32.3 Å². The molecular weight excluding hydrogens is 138 g/mol. The van der Waals surface area contributed by atoms with Crippen LogP contribution in [-0.4, -0.2) is 11.3 Å². The summed E-state index contributed by atoms with van der Waals surface area (Å²) in [7, 11) is 0. The first-order valence-electron chi connectivity index (χ1n) is 3.89. The number of hydrogen-bond acceptors (Lipinski definition) is 2. The summed E-state index contributed by atoms with van der Waals surface area (Å²) in [6, 6.07) is 0. The van der Waals surface area contributed by atoms with Crippen LogP contribution in [0.4, 0.5) is 0 Å². The van der Waals surface area contributed by atoms with Crippen LogP contribution >= 0.6 is 0 Å². The highest BCUT2D eigenvalue weighted by atomic mass is 16.3. The SMILES string of the molecule is OC1NC=CC2=CCCC=C21. The van der Waals surface area contributed by atoms with Crippen LogP contribution in [-0.2, 0) is 0 Å². The Kier molecular flexibility index (Phi) is 1.55. The normalized spacial score (nSPS) is 28.3. The first kappa shape index (κ1) is 6.68. The van der Waals surface area contributed by atoms with E-state index >= 15 is 0 Å². The molecule has 0 fully saturated rings. The Labute approximate surface area is 65.9 Å². The van der Waals surface area contributed by atoms with Crippen molar-refractivity contribution >= 4 is 0 Å². The molecule has 1 atom stereocenters. The second kappa shape index (κ2) is 2.55. The first-order valence-corrected chi connectivity index (χ1v) is 3.89. The molecule has 2 nitrogen and oxygen atoms in total. The van der Waals surface area contributed by atoms with Crippen molar-refractivity contribution in [2.75, 3.05) is 0 Å². The van der Waals surface area contributed by atoms with E-state index in [0.29, 0.717) is 0 Å². The largest absolute Gasteiger partial charge is 0.369 e. The van der Waals surface area contributed by atoms with Crippen molar-refractivity contribution in [3.05, 3.63) is 35.6 Å². The van der Waals surface area contributed by atoms with Crippen molar-refractivity contribution in [2.24, 2.45) is 0 Å². The molecule has 2 aliphatic rings. The van der Waals surface area contributed by atoms with Crippen molar-refractivity contribution in [2.45, 2.75) is 19.1 Å². The molecule has 1 heterocycles. The van der Waals surface area contributed by atoms with Gasteiger partial charge in [0.25, 0.3) is 0 Å². The minimum absolute atomic E-state index is 0.494. The maximum absolute atomic E-state index is 9.43. The second-order valence-electron chi connectivity index (χ2n) is 2.80. The predicted molar refractivity (Wildman–Crippen MR) is 43.7 cm³/mol. The Bertz CT molecular complexity index is 250. The molecule has 2 rings (SSSR count). The number of fused-ring (bicyclic) bond motifs is 1. The zero-order valence-electron chi connectivity index (χ0n) is 6.25. The summed E-state index contributed by atoms with van der Waals surface area (Å²) in [6.45, 7) is 0. The molecule has 0 saturated heterocycles. The molecular formula is C9H11NO. The van der Waals surface area contributed by atoms with Gasteiger partial charge in [0, 0.05) is 5.57 Å². The molecule has 0 aromatic heterocycles. The van der Waals surface area contributed by atoms with Crippen LogP contribution in [0, 0.1) is 0 Å². The summed E-state index contributed by atoms with van der Waals surface area (Å²) in [5.74, 6) is 0. The van der Waals surface area contributed by atoms with Crippen LogP contribution in [0.1, 0.15) is 12.8 Å². The number of hydrogen-bond donors (Lipinski definition) is 2.